The topological polar surface area (TPSA) is 90.0 Å². The van der Waals surface area contributed by atoms with Crippen LogP contribution in [0.15, 0.2) is 6.07 Å². The molecule has 1 aromatic carbocycles. The average molecular weight is 464 g/mol. The number of rotatable bonds is 6. The highest BCUT2D eigenvalue weighted by Crippen LogP contribution is 2.48. The molecule has 0 bridgehead atoms. The van der Waals surface area contributed by atoms with Gasteiger partial charge in [-0.3, -0.25) is 0 Å². The number of ether oxygens (including phenoxy) is 2. The Morgan fingerprint density at radius 3 is 2.59 bits per heavy atom. The Bertz CT molecular complexity index is 1140. The molecule has 4 rings (SSSR count). The van der Waals surface area contributed by atoms with E-state index in [4.69, 9.17) is 27.4 Å². The SMILES string of the molecule is CCOC(=O)c1c(O)c2cc(F)c(N3CC[C@@H](C(C)(C)N)C3)c(OC)c2n(C2CC2)c1=S. The number of hydrogen-bond donors (Lipinski definition) is 2. The summed E-state index contributed by atoms with van der Waals surface area (Å²) in [6.07, 6.45) is 2.59. The van der Waals surface area contributed by atoms with Crippen LogP contribution in [-0.2, 0) is 4.74 Å². The van der Waals surface area contributed by atoms with Crippen molar-refractivity contribution in [3.8, 4) is 11.5 Å². The highest BCUT2D eigenvalue weighted by molar-refractivity contribution is 7.71. The van der Waals surface area contributed by atoms with E-state index in [1.807, 2.05) is 23.3 Å². The number of nitrogens with zero attached hydrogens (tertiary/aromatic N) is 2. The standard InChI is InChI=1S/C23H30FN3O4S/c1-5-31-22(29)16-19(28)14-10-15(24)18(26-9-8-12(11-26)23(2,3)25)20(30-4)17(14)27(21(16)32)13-6-7-13/h10,12-13,28H,5-9,11,25H2,1-4H3/t12-/m1/s1. The molecule has 1 saturated carbocycles. The van der Waals surface area contributed by atoms with E-state index in [1.165, 1.54) is 13.2 Å². The van der Waals surface area contributed by atoms with Crippen molar-refractivity contribution in [1.82, 2.24) is 4.57 Å². The van der Waals surface area contributed by atoms with Crippen LogP contribution in [0.25, 0.3) is 10.9 Å². The van der Waals surface area contributed by atoms with E-state index in [1.54, 1.807) is 6.92 Å². The molecule has 0 amide bonds. The van der Waals surface area contributed by atoms with Gasteiger partial charge in [0.1, 0.15) is 21.6 Å². The number of carbonyl (C=O) groups is 1. The molecule has 0 spiro atoms. The molecule has 9 heteroatoms. The number of nitrogens with two attached hydrogens (primary N) is 1. The minimum absolute atomic E-state index is 0.0558. The number of halogens is 1. The number of hydrogen-bond acceptors (Lipinski definition) is 7. The second-order valence-electron chi connectivity index (χ2n) is 9.24. The second-order valence-corrected chi connectivity index (χ2v) is 9.63. The van der Waals surface area contributed by atoms with Crippen LogP contribution in [0.1, 0.15) is 56.4 Å². The lowest BCUT2D eigenvalue weighted by Gasteiger charge is -2.29. The van der Waals surface area contributed by atoms with Crippen LogP contribution in [0.4, 0.5) is 10.1 Å². The second kappa shape index (κ2) is 8.19. The molecule has 1 aliphatic carbocycles. The van der Waals surface area contributed by atoms with Gasteiger partial charge in [0.2, 0.25) is 0 Å². The summed E-state index contributed by atoms with van der Waals surface area (Å²) in [5.74, 6) is -1.13. The maximum absolute atomic E-state index is 15.5. The van der Waals surface area contributed by atoms with Crippen molar-refractivity contribution in [2.75, 3.05) is 31.7 Å². The maximum Gasteiger partial charge on any atom is 0.344 e. The Morgan fingerprint density at radius 1 is 1.38 bits per heavy atom. The largest absolute Gasteiger partial charge is 0.506 e. The predicted molar refractivity (Wildman–Crippen MR) is 124 cm³/mol. The number of pyridine rings is 1. The van der Waals surface area contributed by atoms with Crippen LogP contribution < -0.4 is 15.4 Å². The summed E-state index contributed by atoms with van der Waals surface area (Å²) in [5.41, 5.74) is 6.65. The van der Waals surface area contributed by atoms with Crippen LogP contribution in [0.3, 0.4) is 0 Å². The molecule has 2 aromatic rings. The Balaban J connectivity index is 1.98. The van der Waals surface area contributed by atoms with Gasteiger partial charge < -0.3 is 29.8 Å². The number of aromatic nitrogens is 1. The Kier molecular flexibility index (Phi) is 5.83. The summed E-state index contributed by atoms with van der Waals surface area (Å²) >= 11 is 5.62. The molecule has 3 N–H and O–H groups in total. The molecule has 0 unspecified atom stereocenters. The third kappa shape index (κ3) is 3.71. The molecule has 7 nitrogen and oxygen atoms in total. The summed E-state index contributed by atoms with van der Waals surface area (Å²) in [5, 5.41) is 11.2. The van der Waals surface area contributed by atoms with Crippen LogP contribution in [0, 0.1) is 16.4 Å². The van der Waals surface area contributed by atoms with E-state index in [9.17, 15) is 9.90 Å². The Morgan fingerprint density at radius 2 is 2.06 bits per heavy atom. The number of esters is 1. The zero-order chi connectivity index (χ0) is 23.4. The van der Waals surface area contributed by atoms with Gasteiger partial charge in [0, 0.05) is 30.1 Å². The Labute approximate surface area is 191 Å². The van der Waals surface area contributed by atoms with Gasteiger partial charge in [-0.25, -0.2) is 9.18 Å². The van der Waals surface area contributed by atoms with Crippen molar-refractivity contribution < 1.29 is 23.8 Å². The van der Waals surface area contributed by atoms with Crippen molar-refractivity contribution in [3.05, 3.63) is 22.1 Å². The minimum Gasteiger partial charge on any atom is -0.506 e. The van der Waals surface area contributed by atoms with Crippen LogP contribution in [0.2, 0.25) is 0 Å². The van der Waals surface area contributed by atoms with E-state index in [0.717, 1.165) is 19.3 Å². The number of fused-ring (bicyclic) bond motifs is 1. The van der Waals surface area contributed by atoms with Crippen LogP contribution in [0.5, 0.6) is 11.5 Å². The predicted octanol–water partition coefficient (Wildman–Crippen LogP) is 4.30. The number of carbonyl (C=O) groups excluding carboxylic acids is 1. The van der Waals surface area contributed by atoms with E-state index in [0.29, 0.717) is 30.0 Å². The molecule has 1 atom stereocenters. The lowest BCUT2D eigenvalue weighted by atomic mass is 9.88. The van der Waals surface area contributed by atoms with Gasteiger partial charge in [0.15, 0.2) is 11.6 Å². The minimum atomic E-state index is -0.720. The lowest BCUT2D eigenvalue weighted by Crippen LogP contribution is -2.42. The average Bonchev–Trinajstić information content (AvgIpc) is 3.42. The normalized spacial score (nSPS) is 18.9. The number of aromatic hydroxyl groups is 1. The molecule has 2 aliphatic rings. The van der Waals surface area contributed by atoms with Gasteiger partial charge in [-0.05, 0) is 52.0 Å². The van der Waals surface area contributed by atoms with Crippen molar-refractivity contribution in [1.29, 1.82) is 0 Å². The monoisotopic (exact) mass is 463 g/mol. The van der Waals surface area contributed by atoms with Gasteiger partial charge in [0.05, 0.1) is 19.2 Å². The van der Waals surface area contributed by atoms with E-state index < -0.39 is 11.8 Å². The first-order valence-corrected chi connectivity index (χ1v) is 11.4. The van der Waals surface area contributed by atoms with Crippen molar-refractivity contribution in [2.24, 2.45) is 11.7 Å². The highest BCUT2D eigenvalue weighted by atomic mass is 32.1. The molecule has 1 aliphatic heterocycles. The molecule has 1 aromatic heterocycles. The van der Waals surface area contributed by atoms with Crippen LogP contribution in [-0.4, -0.2) is 48.0 Å². The molecule has 1 saturated heterocycles. The molecule has 2 fully saturated rings. The summed E-state index contributed by atoms with van der Waals surface area (Å²) in [6.45, 7) is 7.01. The quantitative estimate of drug-likeness (QED) is 0.488. The third-order valence-electron chi connectivity index (χ3n) is 6.50. The van der Waals surface area contributed by atoms with Gasteiger partial charge >= 0.3 is 5.97 Å². The molecule has 2 heterocycles. The lowest BCUT2D eigenvalue weighted by molar-refractivity contribution is 0.0521. The summed E-state index contributed by atoms with van der Waals surface area (Å²) < 4.78 is 28.4. The summed E-state index contributed by atoms with van der Waals surface area (Å²) in [4.78, 5) is 14.5. The van der Waals surface area contributed by atoms with Crippen molar-refractivity contribution in [2.45, 2.75) is 51.6 Å². The number of anilines is 1. The smallest absolute Gasteiger partial charge is 0.344 e. The fourth-order valence-corrected chi connectivity index (χ4v) is 5.03. The number of benzene rings is 1. The van der Waals surface area contributed by atoms with Gasteiger partial charge in [-0.2, -0.15) is 0 Å². The first kappa shape index (κ1) is 22.8. The first-order valence-electron chi connectivity index (χ1n) is 11.0. The van der Waals surface area contributed by atoms with E-state index >= 15 is 4.39 Å². The fourth-order valence-electron chi connectivity index (χ4n) is 4.61. The number of methoxy groups -OCH3 is 1. The van der Waals surface area contributed by atoms with Gasteiger partial charge in [-0.15, -0.1) is 0 Å². The third-order valence-corrected chi connectivity index (χ3v) is 6.90. The van der Waals surface area contributed by atoms with Gasteiger partial charge in [-0.1, -0.05) is 12.2 Å². The molecular formula is C23H30FN3O4S. The molecule has 32 heavy (non-hydrogen) atoms. The van der Waals surface area contributed by atoms with Crippen molar-refractivity contribution >= 4 is 34.8 Å². The maximum atomic E-state index is 15.5. The summed E-state index contributed by atoms with van der Waals surface area (Å²) in [6, 6.07) is 1.32. The van der Waals surface area contributed by atoms with Gasteiger partial charge in [0.25, 0.3) is 0 Å². The van der Waals surface area contributed by atoms with E-state index in [2.05, 4.69) is 0 Å². The van der Waals surface area contributed by atoms with E-state index in [-0.39, 0.29) is 45.4 Å². The zero-order valence-corrected chi connectivity index (χ0v) is 19.7. The fraction of sp³-hybridized carbons (Fsp3) is 0.565. The highest BCUT2D eigenvalue weighted by Gasteiger charge is 2.37. The molecule has 0 radical (unpaired) electrons. The summed E-state index contributed by atoms with van der Waals surface area (Å²) in [7, 11) is 1.48. The van der Waals surface area contributed by atoms with Crippen molar-refractivity contribution in [3.63, 3.8) is 0 Å². The Hall–Kier alpha value is -2.39. The van der Waals surface area contributed by atoms with Crippen LogP contribution >= 0.6 is 12.2 Å². The molecular weight excluding hydrogens is 433 g/mol. The molecule has 174 valence electrons. The zero-order valence-electron chi connectivity index (χ0n) is 18.9. The first-order chi connectivity index (χ1) is 15.1.